The number of aromatic nitrogens is 4. The summed E-state index contributed by atoms with van der Waals surface area (Å²) in [7, 11) is 1.57. The van der Waals surface area contributed by atoms with E-state index in [1.165, 1.54) is 12.8 Å². The fourth-order valence-electron chi connectivity index (χ4n) is 5.38. The second-order valence-corrected chi connectivity index (χ2v) is 10.5. The zero-order valence-corrected chi connectivity index (χ0v) is 22.0. The lowest BCUT2D eigenvalue weighted by molar-refractivity contribution is 0.0958. The Balaban J connectivity index is 1.41. The summed E-state index contributed by atoms with van der Waals surface area (Å²) in [5.74, 6) is 1.70. The number of fused-ring (bicyclic) bond motifs is 1. The van der Waals surface area contributed by atoms with Crippen molar-refractivity contribution < 1.29 is 9.90 Å². The minimum Gasteiger partial charge on any atom is -0.395 e. The van der Waals surface area contributed by atoms with Gasteiger partial charge < -0.3 is 20.2 Å². The van der Waals surface area contributed by atoms with Gasteiger partial charge in [-0.05, 0) is 55.8 Å². The molecule has 2 saturated heterocycles. The Labute approximate surface area is 220 Å². The number of carbonyl (C=O) groups excluding carboxylic acids is 1. The molecule has 2 fully saturated rings. The van der Waals surface area contributed by atoms with Crippen molar-refractivity contribution in [2.45, 2.75) is 25.8 Å². The van der Waals surface area contributed by atoms with Gasteiger partial charge in [-0.3, -0.25) is 4.79 Å². The van der Waals surface area contributed by atoms with Gasteiger partial charge in [0.25, 0.3) is 5.91 Å². The van der Waals surface area contributed by atoms with Crippen LogP contribution in [0.3, 0.4) is 0 Å². The van der Waals surface area contributed by atoms with Gasteiger partial charge in [0.2, 0.25) is 0 Å². The van der Waals surface area contributed by atoms with E-state index >= 15 is 0 Å². The average molecular weight is 532 g/mol. The number of amides is 1. The third-order valence-electron chi connectivity index (χ3n) is 7.47. The largest absolute Gasteiger partial charge is 0.395 e. The van der Waals surface area contributed by atoms with Crippen molar-refractivity contribution in [2.24, 2.45) is 11.8 Å². The SMILES string of the molecule is CNC(=O)c1nn([C@H](C)c2ccc(Cl)cc2Cl)c2nc(N3CC([C@H]4CCCN(CCO)C4)C3)cnc12. The lowest BCUT2D eigenvalue weighted by Gasteiger charge is -2.47. The molecule has 0 spiro atoms. The summed E-state index contributed by atoms with van der Waals surface area (Å²) < 4.78 is 1.72. The van der Waals surface area contributed by atoms with E-state index in [0.717, 1.165) is 44.1 Å². The molecule has 9 nitrogen and oxygen atoms in total. The first-order valence-corrected chi connectivity index (χ1v) is 13.2. The van der Waals surface area contributed by atoms with Crippen molar-refractivity contribution >= 4 is 46.1 Å². The summed E-state index contributed by atoms with van der Waals surface area (Å²) in [6, 6.07) is 5.06. The van der Waals surface area contributed by atoms with Crippen LogP contribution in [0.5, 0.6) is 0 Å². The number of nitrogens with one attached hydrogen (secondary N) is 1. The highest BCUT2D eigenvalue weighted by Crippen LogP contribution is 2.35. The Kier molecular flexibility index (Phi) is 7.35. The monoisotopic (exact) mass is 531 g/mol. The summed E-state index contributed by atoms with van der Waals surface area (Å²) in [5.41, 5.74) is 2.06. The molecule has 0 radical (unpaired) electrons. The van der Waals surface area contributed by atoms with Crippen LogP contribution in [-0.4, -0.2) is 82.0 Å². The van der Waals surface area contributed by atoms with Gasteiger partial charge in [-0.15, -0.1) is 0 Å². The van der Waals surface area contributed by atoms with E-state index < -0.39 is 0 Å². The molecule has 2 N–H and O–H groups in total. The quantitative estimate of drug-likeness (QED) is 0.482. The van der Waals surface area contributed by atoms with Gasteiger partial charge in [-0.2, -0.15) is 5.10 Å². The van der Waals surface area contributed by atoms with E-state index in [2.05, 4.69) is 25.2 Å². The van der Waals surface area contributed by atoms with Gasteiger partial charge in [-0.1, -0.05) is 29.3 Å². The van der Waals surface area contributed by atoms with Gasteiger partial charge in [0.05, 0.1) is 18.8 Å². The molecule has 1 amide bonds. The minimum absolute atomic E-state index is 0.213. The minimum atomic E-state index is -0.316. The Morgan fingerprint density at radius 1 is 1.25 bits per heavy atom. The number of carbonyl (C=O) groups is 1. The fraction of sp³-hybridized carbons (Fsp3) is 0.520. The van der Waals surface area contributed by atoms with E-state index in [1.807, 2.05) is 13.0 Å². The number of likely N-dealkylation sites (tertiary alicyclic amines) is 1. The Hall–Kier alpha value is -2.46. The highest BCUT2D eigenvalue weighted by molar-refractivity contribution is 6.35. The summed E-state index contributed by atoms with van der Waals surface area (Å²) in [6.07, 6.45) is 4.14. The number of aliphatic hydroxyl groups is 1. The molecular weight excluding hydrogens is 501 g/mol. The number of hydrogen-bond acceptors (Lipinski definition) is 7. The topological polar surface area (TPSA) is 99.4 Å². The normalized spacial score (nSPS) is 19.9. The number of anilines is 1. The third-order valence-corrected chi connectivity index (χ3v) is 8.03. The van der Waals surface area contributed by atoms with Crippen LogP contribution in [0.1, 0.15) is 41.9 Å². The van der Waals surface area contributed by atoms with Crippen LogP contribution in [0.25, 0.3) is 11.2 Å². The highest BCUT2D eigenvalue weighted by atomic mass is 35.5. The van der Waals surface area contributed by atoms with Crippen LogP contribution >= 0.6 is 23.2 Å². The molecule has 2 aromatic heterocycles. The van der Waals surface area contributed by atoms with E-state index in [1.54, 1.807) is 30.1 Å². The van der Waals surface area contributed by atoms with E-state index in [-0.39, 0.29) is 24.2 Å². The van der Waals surface area contributed by atoms with E-state index in [4.69, 9.17) is 28.2 Å². The molecule has 0 saturated carbocycles. The zero-order valence-electron chi connectivity index (χ0n) is 20.5. The molecule has 192 valence electrons. The summed E-state index contributed by atoms with van der Waals surface area (Å²) >= 11 is 12.6. The molecule has 0 bridgehead atoms. The molecule has 2 aliphatic heterocycles. The predicted molar refractivity (Wildman–Crippen MR) is 141 cm³/mol. The Morgan fingerprint density at radius 2 is 2.06 bits per heavy atom. The summed E-state index contributed by atoms with van der Waals surface area (Å²) in [5, 5.41) is 17.6. The molecule has 0 aliphatic carbocycles. The van der Waals surface area contributed by atoms with Gasteiger partial charge >= 0.3 is 0 Å². The molecule has 1 aromatic carbocycles. The van der Waals surface area contributed by atoms with Crippen LogP contribution in [-0.2, 0) is 0 Å². The number of rotatable bonds is 7. The summed E-state index contributed by atoms with van der Waals surface area (Å²) in [4.78, 5) is 26.7. The van der Waals surface area contributed by atoms with Crippen LogP contribution in [0, 0.1) is 11.8 Å². The maximum Gasteiger partial charge on any atom is 0.273 e. The van der Waals surface area contributed by atoms with E-state index in [9.17, 15) is 9.90 Å². The highest BCUT2D eigenvalue weighted by Gasteiger charge is 2.37. The molecule has 0 unspecified atom stereocenters. The van der Waals surface area contributed by atoms with Crippen LogP contribution in [0.15, 0.2) is 24.4 Å². The van der Waals surface area contributed by atoms with Crippen molar-refractivity contribution in [3.63, 3.8) is 0 Å². The van der Waals surface area contributed by atoms with Gasteiger partial charge in [-0.25, -0.2) is 14.6 Å². The average Bonchev–Trinajstić information content (AvgIpc) is 3.22. The maximum atomic E-state index is 12.6. The lowest BCUT2D eigenvalue weighted by atomic mass is 9.80. The van der Waals surface area contributed by atoms with Crippen molar-refractivity contribution in [3.05, 3.63) is 45.7 Å². The Bertz CT molecular complexity index is 1260. The van der Waals surface area contributed by atoms with Crippen LogP contribution in [0.4, 0.5) is 5.82 Å². The molecule has 2 aliphatic rings. The first kappa shape index (κ1) is 25.2. The number of aliphatic hydroxyl groups excluding tert-OH is 1. The molecule has 36 heavy (non-hydrogen) atoms. The third kappa shape index (κ3) is 4.77. The van der Waals surface area contributed by atoms with Crippen molar-refractivity contribution in [1.82, 2.24) is 30.0 Å². The number of nitrogens with zero attached hydrogens (tertiary/aromatic N) is 6. The van der Waals surface area contributed by atoms with Crippen molar-refractivity contribution in [1.29, 1.82) is 0 Å². The standard InChI is InChI=1S/C25H31Cl2N7O2/c1-15(19-6-5-18(26)10-20(19)27)34-24-22(23(31-34)25(36)28-2)29-11-21(30-24)33-13-17(14-33)16-4-3-7-32(12-16)8-9-35/h5-6,10-11,15-17,35H,3-4,7-9,12-14H2,1-2H3,(H,28,36)/t15-,16+/m1/s1. The second kappa shape index (κ2) is 10.5. The fourth-order valence-corrected chi connectivity index (χ4v) is 5.95. The number of hydrogen-bond donors (Lipinski definition) is 2. The number of piperidine rings is 1. The van der Waals surface area contributed by atoms with Crippen molar-refractivity contribution in [3.8, 4) is 0 Å². The number of benzene rings is 1. The molecule has 4 heterocycles. The van der Waals surface area contributed by atoms with Gasteiger partial charge in [0.1, 0.15) is 11.3 Å². The summed E-state index contributed by atoms with van der Waals surface area (Å²) in [6.45, 7) is 6.89. The molecule has 2 atom stereocenters. The van der Waals surface area contributed by atoms with Gasteiger partial charge in [0.15, 0.2) is 11.3 Å². The molecular formula is C25H31Cl2N7O2. The Morgan fingerprint density at radius 3 is 2.78 bits per heavy atom. The number of β-amino-alcohol motifs (C(OH)–C–C–N with tert-alkyl or cyclic N) is 1. The first-order valence-electron chi connectivity index (χ1n) is 12.4. The van der Waals surface area contributed by atoms with Crippen molar-refractivity contribution in [2.75, 3.05) is 51.3 Å². The molecule has 3 aromatic rings. The number of halogens is 2. The molecule has 11 heteroatoms. The maximum absolute atomic E-state index is 12.6. The zero-order chi connectivity index (χ0) is 25.4. The predicted octanol–water partition coefficient (Wildman–Crippen LogP) is 3.24. The van der Waals surface area contributed by atoms with Gasteiger partial charge in [0, 0.05) is 43.3 Å². The lowest BCUT2D eigenvalue weighted by Crippen LogP contribution is -2.54. The van der Waals surface area contributed by atoms with Crippen LogP contribution in [0.2, 0.25) is 10.0 Å². The first-order chi connectivity index (χ1) is 17.4. The second-order valence-electron chi connectivity index (χ2n) is 9.71. The molecule has 5 rings (SSSR count). The van der Waals surface area contributed by atoms with E-state index in [0.29, 0.717) is 33.0 Å². The smallest absolute Gasteiger partial charge is 0.273 e. The van der Waals surface area contributed by atoms with Crippen LogP contribution < -0.4 is 10.2 Å².